The van der Waals surface area contributed by atoms with Gasteiger partial charge in [-0.2, -0.15) is 0 Å². The quantitative estimate of drug-likeness (QED) is 0.887. The number of benzene rings is 1. The second-order valence-corrected chi connectivity index (χ2v) is 5.04. The highest BCUT2D eigenvalue weighted by atomic mass is 16.3. The average Bonchev–Trinajstić information content (AvgIpc) is 2.84. The molecular weight excluding hydrogens is 226 g/mol. The van der Waals surface area contributed by atoms with Gasteiger partial charge in [-0.1, -0.05) is 31.2 Å². The molecule has 3 heteroatoms. The Balaban J connectivity index is 2.05. The van der Waals surface area contributed by atoms with E-state index in [2.05, 4.69) is 19.1 Å². The minimum atomic E-state index is -0.344. The molecule has 1 heterocycles. The molecule has 1 aromatic carbocycles. The molecule has 1 amide bonds. The fraction of sp³-hybridized carbons (Fsp3) is 0.533. The summed E-state index contributed by atoms with van der Waals surface area (Å²) in [4.78, 5) is 14.0. The van der Waals surface area contributed by atoms with Crippen molar-refractivity contribution in [3.63, 3.8) is 0 Å². The summed E-state index contributed by atoms with van der Waals surface area (Å²) in [6, 6.07) is 8.23. The number of carbonyl (C=O) groups excluding carboxylic acids is 1. The van der Waals surface area contributed by atoms with E-state index in [1.807, 2.05) is 19.1 Å². The van der Waals surface area contributed by atoms with Crippen LogP contribution in [0, 0.1) is 0 Å². The minimum Gasteiger partial charge on any atom is -0.391 e. The van der Waals surface area contributed by atoms with Gasteiger partial charge in [-0.15, -0.1) is 0 Å². The number of carbonyl (C=O) groups is 1. The molecule has 98 valence electrons. The Morgan fingerprint density at radius 2 is 2.11 bits per heavy atom. The van der Waals surface area contributed by atoms with Crippen molar-refractivity contribution in [2.75, 3.05) is 13.1 Å². The molecule has 3 nitrogen and oxygen atoms in total. The Labute approximate surface area is 108 Å². The Bertz CT molecular complexity index is 413. The van der Waals surface area contributed by atoms with E-state index in [4.69, 9.17) is 0 Å². The van der Waals surface area contributed by atoms with E-state index >= 15 is 0 Å². The molecule has 0 spiro atoms. The smallest absolute Gasteiger partial charge is 0.229 e. The van der Waals surface area contributed by atoms with Gasteiger partial charge in [-0.05, 0) is 30.9 Å². The summed E-state index contributed by atoms with van der Waals surface area (Å²) in [5.74, 6) is -0.00277. The van der Waals surface area contributed by atoms with Gasteiger partial charge in [0.05, 0.1) is 12.0 Å². The van der Waals surface area contributed by atoms with Gasteiger partial charge in [0.1, 0.15) is 0 Å². The molecule has 0 radical (unpaired) electrons. The van der Waals surface area contributed by atoms with Gasteiger partial charge < -0.3 is 10.0 Å². The third-order valence-electron chi connectivity index (χ3n) is 3.73. The highest BCUT2D eigenvalue weighted by Gasteiger charge is 2.28. The summed E-state index contributed by atoms with van der Waals surface area (Å²) in [5.41, 5.74) is 2.34. The van der Waals surface area contributed by atoms with E-state index < -0.39 is 0 Å². The van der Waals surface area contributed by atoms with Crippen molar-refractivity contribution in [2.45, 2.75) is 38.7 Å². The van der Waals surface area contributed by atoms with Crippen molar-refractivity contribution >= 4 is 5.91 Å². The standard InChI is InChI=1S/C15H21NO2/c1-3-12-4-6-13(7-5-12)11(2)15(18)16-9-8-14(17)10-16/h4-7,11,14,17H,3,8-10H2,1-2H3/t11?,14-/m1/s1. The third kappa shape index (κ3) is 2.72. The second kappa shape index (κ2) is 5.53. The maximum atomic E-state index is 12.3. The summed E-state index contributed by atoms with van der Waals surface area (Å²) in [5, 5.41) is 9.48. The van der Waals surface area contributed by atoms with Crippen LogP contribution in [0.25, 0.3) is 0 Å². The van der Waals surface area contributed by atoms with Gasteiger partial charge in [-0.3, -0.25) is 4.79 Å². The molecule has 2 atom stereocenters. The lowest BCUT2D eigenvalue weighted by Crippen LogP contribution is -2.33. The molecule has 0 aromatic heterocycles. The predicted molar refractivity (Wildman–Crippen MR) is 71.4 cm³/mol. The molecule has 2 rings (SSSR count). The van der Waals surface area contributed by atoms with Crippen molar-refractivity contribution in [3.8, 4) is 0 Å². The van der Waals surface area contributed by atoms with Crippen molar-refractivity contribution in [3.05, 3.63) is 35.4 Å². The maximum Gasteiger partial charge on any atom is 0.229 e. The molecule has 1 aliphatic rings. The fourth-order valence-corrected chi connectivity index (χ4v) is 2.40. The lowest BCUT2D eigenvalue weighted by molar-refractivity contribution is -0.131. The molecule has 0 saturated carbocycles. The van der Waals surface area contributed by atoms with Crippen LogP contribution in [0.3, 0.4) is 0 Å². The van der Waals surface area contributed by atoms with Gasteiger partial charge in [-0.25, -0.2) is 0 Å². The number of amides is 1. The molecule has 0 aliphatic carbocycles. The van der Waals surface area contributed by atoms with E-state index in [1.165, 1.54) is 5.56 Å². The van der Waals surface area contributed by atoms with E-state index in [0.29, 0.717) is 19.5 Å². The number of nitrogens with zero attached hydrogens (tertiary/aromatic N) is 1. The van der Waals surface area contributed by atoms with Crippen LogP contribution >= 0.6 is 0 Å². The molecule has 0 bridgehead atoms. The maximum absolute atomic E-state index is 12.3. The van der Waals surface area contributed by atoms with Gasteiger partial charge in [0, 0.05) is 13.1 Å². The number of aliphatic hydroxyl groups excluding tert-OH is 1. The van der Waals surface area contributed by atoms with E-state index in [0.717, 1.165) is 12.0 Å². The second-order valence-electron chi connectivity index (χ2n) is 5.04. The van der Waals surface area contributed by atoms with Gasteiger partial charge in [0.15, 0.2) is 0 Å². The van der Waals surface area contributed by atoms with Crippen LogP contribution in [0.2, 0.25) is 0 Å². The van der Waals surface area contributed by atoms with Gasteiger partial charge >= 0.3 is 0 Å². The minimum absolute atomic E-state index is 0.121. The lowest BCUT2D eigenvalue weighted by atomic mass is 9.98. The predicted octanol–water partition coefficient (Wildman–Crippen LogP) is 1.95. The first-order valence-corrected chi connectivity index (χ1v) is 6.67. The highest BCUT2D eigenvalue weighted by Crippen LogP contribution is 2.21. The van der Waals surface area contributed by atoms with Gasteiger partial charge in [0.25, 0.3) is 0 Å². The zero-order valence-electron chi connectivity index (χ0n) is 11.1. The topological polar surface area (TPSA) is 40.5 Å². The van der Waals surface area contributed by atoms with Crippen molar-refractivity contribution in [2.24, 2.45) is 0 Å². The SMILES string of the molecule is CCc1ccc(C(C)C(=O)N2CC[C@@H](O)C2)cc1. The lowest BCUT2D eigenvalue weighted by Gasteiger charge is -2.20. The monoisotopic (exact) mass is 247 g/mol. The molecule has 18 heavy (non-hydrogen) atoms. The third-order valence-corrected chi connectivity index (χ3v) is 3.73. The van der Waals surface area contributed by atoms with Crippen LogP contribution in [0.15, 0.2) is 24.3 Å². The van der Waals surface area contributed by atoms with Crippen LogP contribution in [0.1, 0.15) is 37.3 Å². The summed E-state index contributed by atoms with van der Waals surface area (Å²) in [6.07, 6.45) is 1.37. The Hall–Kier alpha value is -1.35. The van der Waals surface area contributed by atoms with Crippen molar-refractivity contribution < 1.29 is 9.90 Å². The zero-order valence-corrected chi connectivity index (χ0v) is 11.1. The number of aryl methyl sites for hydroxylation is 1. The van der Waals surface area contributed by atoms with E-state index in [-0.39, 0.29) is 17.9 Å². The summed E-state index contributed by atoms with van der Waals surface area (Å²) in [6.45, 7) is 5.22. The fourth-order valence-electron chi connectivity index (χ4n) is 2.40. The Morgan fingerprint density at radius 1 is 1.44 bits per heavy atom. The van der Waals surface area contributed by atoms with Crippen molar-refractivity contribution in [1.29, 1.82) is 0 Å². The number of aliphatic hydroxyl groups is 1. The van der Waals surface area contributed by atoms with Crippen LogP contribution in [-0.4, -0.2) is 35.1 Å². The molecule has 1 unspecified atom stereocenters. The Morgan fingerprint density at radius 3 is 2.61 bits per heavy atom. The van der Waals surface area contributed by atoms with Crippen LogP contribution in [0.4, 0.5) is 0 Å². The first kappa shape index (κ1) is 13.1. The number of hydrogen-bond donors (Lipinski definition) is 1. The highest BCUT2D eigenvalue weighted by molar-refractivity contribution is 5.83. The normalized spacial score (nSPS) is 21.1. The first-order valence-electron chi connectivity index (χ1n) is 6.67. The molecule has 1 fully saturated rings. The number of β-amino-alcohol motifs (C(OH)–C–C–N with tert-alkyl or cyclic N) is 1. The summed E-state index contributed by atoms with van der Waals surface area (Å²) < 4.78 is 0. The van der Waals surface area contributed by atoms with Gasteiger partial charge in [0.2, 0.25) is 5.91 Å². The molecule has 1 aromatic rings. The summed E-state index contributed by atoms with van der Waals surface area (Å²) in [7, 11) is 0. The first-order chi connectivity index (χ1) is 8.61. The molecular formula is C15H21NO2. The number of hydrogen-bond acceptors (Lipinski definition) is 2. The van der Waals surface area contributed by atoms with Crippen LogP contribution in [-0.2, 0) is 11.2 Å². The molecule has 1 aliphatic heterocycles. The van der Waals surface area contributed by atoms with E-state index in [1.54, 1.807) is 4.90 Å². The zero-order chi connectivity index (χ0) is 13.1. The molecule has 1 N–H and O–H groups in total. The largest absolute Gasteiger partial charge is 0.391 e. The van der Waals surface area contributed by atoms with E-state index in [9.17, 15) is 9.90 Å². The molecule has 1 saturated heterocycles. The average molecular weight is 247 g/mol. The number of rotatable bonds is 3. The Kier molecular flexibility index (Phi) is 4.02. The van der Waals surface area contributed by atoms with Crippen LogP contribution < -0.4 is 0 Å². The van der Waals surface area contributed by atoms with Crippen LogP contribution in [0.5, 0.6) is 0 Å². The number of likely N-dealkylation sites (tertiary alicyclic amines) is 1. The summed E-state index contributed by atoms with van der Waals surface area (Å²) >= 11 is 0. The van der Waals surface area contributed by atoms with Crippen molar-refractivity contribution in [1.82, 2.24) is 4.90 Å².